The van der Waals surface area contributed by atoms with E-state index in [0.29, 0.717) is 6.04 Å². The van der Waals surface area contributed by atoms with E-state index in [2.05, 4.69) is 12.2 Å². The molecule has 0 saturated heterocycles. The number of hydrogen-bond donors (Lipinski definition) is 1. The van der Waals surface area contributed by atoms with Crippen LogP contribution in [0, 0.1) is 0 Å². The largest absolute Gasteiger partial charge is 0.481 e. The summed E-state index contributed by atoms with van der Waals surface area (Å²) in [4.78, 5) is 12.0. The number of carbonyl (C=O) groups is 1. The molecule has 3 heteroatoms. The Bertz CT molecular complexity index is 407. The number of hydrogen-bond acceptors (Lipinski definition) is 2. The molecule has 1 saturated carbocycles. The fourth-order valence-electron chi connectivity index (χ4n) is 2.45. The van der Waals surface area contributed by atoms with Crippen LogP contribution in [0.15, 0.2) is 24.3 Å². The molecular weight excluding hydrogens is 238 g/mol. The van der Waals surface area contributed by atoms with Gasteiger partial charge in [0.25, 0.3) is 5.91 Å². The minimum absolute atomic E-state index is 0.00790. The highest BCUT2D eigenvalue weighted by atomic mass is 16.5. The second-order valence-corrected chi connectivity index (χ2v) is 5.25. The molecule has 19 heavy (non-hydrogen) atoms. The molecule has 0 unspecified atom stereocenters. The number of rotatable bonds is 5. The zero-order valence-corrected chi connectivity index (χ0v) is 11.8. The van der Waals surface area contributed by atoms with Gasteiger partial charge in [-0.15, -0.1) is 0 Å². The summed E-state index contributed by atoms with van der Waals surface area (Å²) in [5.74, 6) is 0.748. The minimum Gasteiger partial charge on any atom is -0.481 e. The zero-order chi connectivity index (χ0) is 13.7. The van der Waals surface area contributed by atoms with Gasteiger partial charge in [-0.2, -0.15) is 0 Å². The minimum atomic E-state index is -0.437. The summed E-state index contributed by atoms with van der Waals surface area (Å²) in [5, 5.41) is 3.06. The van der Waals surface area contributed by atoms with Gasteiger partial charge in [-0.3, -0.25) is 4.79 Å². The molecule has 0 bridgehead atoms. The van der Waals surface area contributed by atoms with Crippen LogP contribution in [0.5, 0.6) is 5.75 Å². The first-order valence-electron chi connectivity index (χ1n) is 7.25. The summed E-state index contributed by atoms with van der Waals surface area (Å²) in [6.07, 6.45) is 5.22. The van der Waals surface area contributed by atoms with Gasteiger partial charge in [0.05, 0.1) is 0 Å². The maximum atomic E-state index is 12.0. The first-order valence-corrected chi connectivity index (χ1v) is 7.25. The summed E-state index contributed by atoms with van der Waals surface area (Å²) < 4.78 is 5.67. The molecule has 0 spiro atoms. The fraction of sp³-hybridized carbons (Fsp3) is 0.562. The van der Waals surface area contributed by atoms with Crippen molar-refractivity contribution in [2.75, 3.05) is 0 Å². The van der Waals surface area contributed by atoms with E-state index >= 15 is 0 Å². The number of aryl methyl sites for hydroxylation is 1. The van der Waals surface area contributed by atoms with E-state index in [1.54, 1.807) is 6.92 Å². The molecule has 104 valence electrons. The number of amides is 1. The van der Waals surface area contributed by atoms with Crippen LogP contribution in [-0.2, 0) is 11.2 Å². The van der Waals surface area contributed by atoms with E-state index in [1.807, 2.05) is 24.3 Å². The van der Waals surface area contributed by atoms with Gasteiger partial charge < -0.3 is 10.1 Å². The van der Waals surface area contributed by atoms with Crippen molar-refractivity contribution in [2.24, 2.45) is 0 Å². The van der Waals surface area contributed by atoms with E-state index in [9.17, 15) is 4.79 Å². The van der Waals surface area contributed by atoms with Crippen LogP contribution >= 0.6 is 0 Å². The highest BCUT2D eigenvalue weighted by Crippen LogP contribution is 2.18. The molecule has 2 rings (SSSR count). The van der Waals surface area contributed by atoms with Crippen molar-refractivity contribution in [3.05, 3.63) is 29.8 Å². The molecule has 1 atom stereocenters. The SMILES string of the molecule is CCc1ccc(O[C@@H](C)C(=O)NC2CCCC2)cc1. The van der Waals surface area contributed by atoms with Crippen LogP contribution in [0.3, 0.4) is 0 Å². The molecule has 0 heterocycles. The molecule has 1 fully saturated rings. The first-order chi connectivity index (χ1) is 9.19. The van der Waals surface area contributed by atoms with Crippen molar-refractivity contribution in [2.45, 2.75) is 58.1 Å². The Balaban J connectivity index is 1.84. The van der Waals surface area contributed by atoms with E-state index < -0.39 is 6.10 Å². The highest BCUT2D eigenvalue weighted by molar-refractivity contribution is 5.81. The summed E-state index contributed by atoms with van der Waals surface area (Å²) in [6.45, 7) is 3.92. The lowest BCUT2D eigenvalue weighted by molar-refractivity contribution is -0.127. The Morgan fingerprint density at radius 3 is 2.53 bits per heavy atom. The van der Waals surface area contributed by atoms with Crippen molar-refractivity contribution in [1.82, 2.24) is 5.32 Å². The molecule has 0 aliphatic heterocycles. The first kappa shape index (κ1) is 13.9. The maximum absolute atomic E-state index is 12.0. The van der Waals surface area contributed by atoms with Crippen LogP contribution in [0.1, 0.15) is 45.1 Å². The average molecular weight is 261 g/mol. The Morgan fingerprint density at radius 1 is 1.32 bits per heavy atom. The normalized spacial score (nSPS) is 17.2. The van der Waals surface area contributed by atoms with Crippen molar-refractivity contribution >= 4 is 5.91 Å². The Labute approximate surface area is 115 Å². The van der Waals surface area contributed by atoms with Gasteiger partial charge in [0, 0.05) is 6.04 Å². The zero-order valence-electron chi connectivity index (χ0n) is 11.8. The molecule has 1 aliphatic carbocycles. The van der Waals surface area contributed by atoms with Crippen molar-refractivity contribution in [1.29, 1.82) is 0 Å². The van der Waals surface area contributed by atoms with Gasteiger partial charge >= 0.3 is 0 Å². The van der Waals surface area contributed by atoms with Gasteiger partial charge in [0.15, 0.2) is 6.10 Å². The molecule has 3 nitrogen and oxygen atoms in total. The summed E-state index contributed by atoms with van der Waals surface area (Å²) in [6, 6.07) is 8.28. The molecule has 0 radical (unpaired) electrons. The molecule has 1 aromatic rings. The summed E-state index contributed by atoms with van der Waals surface area (Å²) in [7, 11) is 0. The topological polar surface area (TPSA) is 38.3 Å². The second-order valence-electron chi connectivity index (χ2n) is 5.25. The molecule has 1 N–H and O–H groups in total. The van der Waals surface area contributed by atoms with Crippen molar-refractivity contribution in [3.8, 4) is 5.75 Å². The lowest BCUT2D eigenvalue weighted by atomic mass is 10.2. The number of benzene rings is 1. The smallest absolute Gasteiger partial charge is 0.260 e. The van der Waals surface area contributed by atoms with Crippen LogP contribution in [0.4, 0.5) is 0 Å². The number of nitrogens with one attached hydrogen (secondary N) is 1. The molecule has 1 amide bonds. The van der Waals surface area contributed by atoms with E-state index in [-0.39, 0.29) is 5.91 Å². The van der Waals surface area contributed by atoms with Crippen molar-refractivity contribution < 1.29 is 9.53 Å². The van der Waals surface area contributed by atoms with Gasteiger partial charge in [-0.05, 0) is 43.9 Å². The third-order valence-corrected chi connectivity index (χ3v) is 3.72. The Kier molecular flexibility index (Phi) is 4.83. The maximum Gasteiger partial charge on any atom is 0.260 e. The van der Waals surface area contributed by atoms with Gasteiger partial charge in [-0.25, -0.2) is 0 Å². The Morgan fingerprint density at radius 2 is 1.95 bits per heavy atom. The van der Waals surface area contributed by atoms with Crippen LogP contribution < -0.4 is 10.1 Å². The predicted octanol–water partition coefficient (Wildman–Crippen LogP) is 3.08. The van der Waals surface area contributed by atoms with E-state index in [0.717, 1.165) is 25.0 Å². The molecule has 1 aliphatic rings. The standard InChI is InChI=1S/C16H23NO2/c1-3-13-8-10-15(11-9-13)19-12(2)16(18)17-14-6-4-5-7-14/h8-12,14H,3-7H2,1-2H3,(H,17,18)/t12-/m0/s1. The molecule has 0 aromatic heterocycles. The van der Waals surface area contributed by atoms with E-state index in [1.165, 1.54) is 18.4 Å². The van der Waals surface area contributed by atoms with Gasteiger partial charge in [-0.1, -0.05) is 31.9 Å². The second kappa shape index (κ2) is 6.60. The van der Waals surface area contributed by atoms with Crippen molar-refractivity contribution in [3.63, 3.8) is 0 Å². The number of ether oxygens (including phenoxy) is 1. The van der Waals surface area contributed by atoms with Crippen LogP contribution in [0.2, 0.25) is 0 Å². The van der Waals surface area contributed by atoms with Crippen LogP contribution in [-0.4, -0.2) is 18.1 Å². The summed E-state index contributed by atoms with van der Waals surface area (Å²) >= 11 is 0. The predicted molar refractivity (Wildman–Crippen MR) is 76.3 cm³/mol. The lowest BCUT2D eigenvalue weighted by Crippen LogP contribution is -2.41. The highest BCUT2D eigenvalue weighted by Gasteiger charge is 2.21. The van der Waals surface area contributed by atoms with Gasteiger partial charge in [0.2, 0.25) is 0 Å². The monoisotopic (exact) mass is 261 g/mol. The number of carbonyl (C=O) groups excluding carboxylic acids is 1. The van der Waals surface area contributed by atoms with E-state index in [4.69, 9.17) is 4.74 Å². The van der Waals surface area contributed by atoms with Crippen LogP contribution in [0.25, 0.3) is 0 Å². The Hall–Kier alpha value is -1.51. The third-order valence-electron chi connectivity index (χ3n) is 3.72. The molecular formula is C16H23NO2. The third kappa shape index (κ3) is 3.98. The molecule has 1 aromatic carbocycles. The lowest BCUT2D eigenvalue weighted by Gasteiger charge is -2.18. The average Bonchev–Trinajstić information content (AvgIpc) is 2.92. The van der Waals surface area contributed by atoms with Gasteiger partial charge in [0.1, 0.15) is 5.75 Å². The quantitative estimate of drug-likeness (QED) is 0.884. The fourth-order valence-corrected chi connectivity index (χ4v) is 2.45. The summed E-state index contributed by atoms with van der Waals surface area (Å²) in [5.41, 5.74) is 1.27.